The number of nitrogens with one attached hydrogen (secondary N) is 1. The van der Waals surface area contributed by atoms with E-state index in [1.807, 2.05) is 0 Å². The molecule has 2 aromatic rings. The summed E-state index contributed by atoms with van der Waals surface area (Å²) in [5.74, 6) is 0.287. The first-order valence-electron chi connectivity index (χ1n) is 9.82. The van der Waals surface area contributed by atoms with E-state index in [-0.39, 0.29) is 11.9 Å². The Bertz CT molecular complexity index is 870. The van der Waals surface area contributed by atoms with Gasteiger partial charge in [0, 0.05) is 29.7 Å². The van der Waals surface area contributed by atoms with E-state index < -0.39 is 0 Å². The predicted octanol–water partition coefficient (Wildman–Crippen LogP) is 3.82. The lowest BCUT2D eigenvalue weighted by Gasteiger charge is -2.46. The summed E-state index contributed by atoms with van der Waals surface area (Å²) in [6.45, 7) is 4.28. The quantitative estimate of drug-likeness (QED) is 0.506. The average molecular weight is 368 g/mol. The Morgan fingerprint density at radius 1 is 1.33 bits per heavy atom. The van der Waals surface area contributed by atoms with E-state index in [9.17, 15) is 4.79 Å². The van der Waals surface area contributed by atoms with Gasteiger partial charge in [0.15, 0.2) is 0 Å². The molecule has 0 spiro atoms. The standard InChI is InChI=1S/C22H28N2O3/c1-4-14-12-24-10-9-16-15-7-5-6-8-19(15)23-21(16)20(24)11-17(14)18(13-26-2)22(25)27-3/h5-8,13-14,17,20,23H,4,9-12H2,1-3H3/t14-,17+,20+/m1/s1. The molecule has 2 aliphatic rings. The summed E-state index contributed by atoms with van der Waals surface area (Å²) in [5, 5.41) is 1.34. The molecule has 1 aromatic heterocycles. The van der Waals surface area contributed by atoms with Crippen molar-refractivity contribution in [2.24, 2.45) is 11.8 Å². The van der Waals surface area contributed by atoms with Crippen LogP contribution in [0.5, 0.6) is 0 Å². The summed E-state index contributed by atoms with van der Waals surface area (Å²) in [6.07, 6.45) is 4.60. The lowest BCUT2D eigenvalue weighted by Crippen LogP contribution is -2.47. The van der Waals surface area contributed by atoms with Gasteiger partial charge in [0.2, 0.25) is 0 Å². The zero-order valence-corrected chi connectivity index (χ0v) is 16.3. The van der Waals surface area contributed by atoms with Gasteiger partial charge in [-0.1, -0.05) is 31.5 Å². The number of esters is 1. The van der Waals surface area contributed by atoms with Crippen LogP contribution in [-0.2, 0) is 20.7 Å². The van der Waals surface area contributed by atoms with Crippen molar-refractivity contribution in [1.82, 2.24) is 9.88 Å². The molecule has 0 amide bonds. The van der Waals surface area contributed by atoms with Crippen molar-refractivity contribution in [3.8, 4) is 0 Å². The fourth-order valence-corrected chi connectivity index (χ4v) is 5.04. The topological polar surface area (TPSA) is 54.6 Å². The maximum absolute atomic E-state index is 12.4. The van der Waals surface area contributed by atoms with E-state index in [1.54, 1.807) is 13.4 Å². The number of methoxy groups -OCH3 is 2. The fraction of sp³-hybridized carbons (Fsp3) is 0.500. The third kappa shape index (κ3) is 3.04. The van der Waals surface area contributed by atoms with Gasteiger partial charge in [0.25, 0.3) is 0 Å². The van der Waals surface area contributed by atoms with Crippen LogP contribution in [0.25, 0.3) is 10.9 Å². The molecule has 2 aliphatic heterocycles. The van der Waals surface area contributed by atoms with Crippen LogP contribution < -0.4 is 0 Å². The van der Waals surface area contributed by atoms with Gasteiger partial charge in [0.05, 0.1) is 32.1 Å². The maximum atomic E-state index is 12.4. The number of aromatic nitrogens is 1. The van der Waals surface area contributed by atoms with Gasteiger partial charge in [-0.2, -0.15) is 0 Å². The second-order valence-corrected chi connectivity index (χ2v) is 7.63. The Labute approximate surface area is 160 Å². The van der Waals surface area contributed by atoms with Gasteiger partial charge < -0.3 is 14.5 Å². The van der Waals surface area contributed by atoms with E-state index in [4.69, 9.17) is 9.47 Å². The monoisotopic (exact) mass is 368 g/mol. The molecule has 0 unspecified atom stereocenters. The minimum atomic E-state index is -0.276. The van der Waals surface area contributed by atoms with Crippen LogP contribution in [0, 0.1) is 11.8 Å². The number of nitrogens with zero attached hydrogens (tertiary/aromatic N) is 1. The highest BCUT2D eigenvalue weighted by Gasteiger charge is 2.42. The summed E-state index contributed by atoms with van der Waals surface area (Å²) in [4.78, 5) is 18.7. The normalized spacial score (nSPS) is 25.7. The summed E-state index contributed by atoms with van der Waals surface area (Å²) in [6, 6.07) is 8.85. The van der Waals surface area contributed by atoms with Gasteiger partial charge in [-0.05, 0) is 36.3 Å². The number of rotatable bonds is 4. The maximum Gasteiger partial charge on any atom is 0.337 e. The number of ether oxygens (including phenoxy) is 2. The molecule has 3 atom stereocenters. The summed E-state index contributed by atoms with van der Waals surface area (Å²) in [7, 11) is 3.04. The first-order valence-corrected chi connectivity index (χ1v) is 9.82. The Morgan fingerprint density at radius 2 is 2.15 bits per heavy atom. The molecule has 27 heavy (non-hydrogen) atoms. The van der Waals surface area contributed by atoms with Gasteiger partial charge in [-0.25, -0.2) is 4.79 Å². The fourth-order valence-electron chi connectivity index (χ4n) is 5.04. The second kappa shape index (κ2) is 7.39. The van der Waals surface area contributed by atoms with Crippen LogP contribution in [0.4, 0.5) is 0 Å². The molecule has 0 bridgehead atoms. The third-order valence-electron chi connectivity index (χ3n) is 6.37. The van der Waals surface area contributed by atoms with Gasteiger partial charge in [0.1, 0.15) is 0 Å². The number of H-pyrrole nitrogens is 1. The van der Waals surface area contributed by atoms with Crippen molar-refractivity contribution in [3.63, 3.8) is 0 Å². The van der Waals surface area contributed by atoms with Crippen LogP contribution in [-0.4, -0.2) is 43.2 Å². The minimum absolute atomic E-state index is 0.140. The van der Waals surface area contributed by atoms with Crippen LogP contribution >= 0.6 is 0 Å². The molecule has 5 heteroatoms. The van der Waals surface area contributed by atoms with Crippen LogP contribution in [0.15, 0.2) is 36.1 Å². The molecule has 1 N–H and O–H groups in total. The number of para-hydroxylation sites is 1. The number of hydrogen-bond acceptors (Lipinski definition) is 4. The number of piperidine rings is 1. The molecule has 1 fully saturated rings. The number of fused-ring (bicyclic) bond motifs is 5. The van der Waals surface area contributed by atoms with Crippen molar-refractivity contribution >= 4 is 16.9 Å². The molecule has 0 aliphatic carbocycles. The number of hydrogen-bond donors (Lipinski definition) is 1. The van der Waals surface area contributed by atoms with Gasteiger partial charge in [-0.15, -0.1) is 0 Å². The van der Waals surface area contributed by atoms with E-state index >= 15 is 0 Å². The predicted molar refractivity (Wildman–Crippen MR) is 105 cm³/mol. The molecular formula is C22H28N2O3. The van der Waals surface area contributed by atoms with E-state index in [0.29, 0.717) is 17.5 Å². The van der Waals surface area contributed by atoms with Crippen molar-refractivity contribution in [2.75, 3.05) is 27.3 Å². The zero-order chi connectivity index (χ0) is 19.0. The molecule has 0 radical (unpaired) electrons. The average Bonchev–Trinajstić information content (AvgIpc) is 3.09. The SMILES string of the molecule is CC[C@@H]1CN2CCc3c([nH]c4ccccc34)[C@@H]2C[C@@H]1C(=COC)C(=O)OC. The molecule has 1 aromatic carbocycles. The summed E-state index contributed by atoms with van der Waals surface area (Å²) >= 11 is 0. The second-order valence-electron chi connectivity index (χ2n) is 7.63. The Balaban J connectivity index is 1.73. The third-order valence-corrected chi connectivity index (χ3v) is 6.37. The van der Waals surface area contributed by atoms with E-state index in [2.05, 4.69) is 41.1 Å². The van der Waals surface area contributed by atoms with E-state index in [0.717, 1.165) is 32.4 Å². The lowest BCUT2D eigenvalue weighted by molar-refractivity contribution is -0.137. The lowest BCUT2D eigenvalue weighted by atomic mass is 9.74. The largest absolute Gasteiger partial charge is 0.504 e. The zero-order valence-electron chi connectivity index (χ0n) is 16.3. The number of carbonyl (C=O) groups is 1. The van der Waals surface area contributed by atoms with Gasteiger partial charge in [-0.3, -0.25) is 4.90 Å². The number of carbonyl (C=O) groups excluding carboxylic acids is 1. The summed E-state index contributed by atoms with van der Waals surface area (Å²) in [5.41, 5.74) is 4.63. The van der Waals surface area contributed by atoms with Crippen molar-refractivity contribution in [2.45, 2.75) is 32.2 Å². The first kappa shape index (κ1) is 18.1. The molecule has 1 saturated heterocycles. The number of benzene rings is 1. The van der Waals surface area contributed by atoms with Gasteiger partial charge >= 0.3 is 5.97 Å². The van der Waals surface area contributed by atoms with Crippen molar-refractivity contribution in [3.05, 3.63) is 47.4 Å². The van der Waals surface area contributed by atoms with Crippen LogP contribution in [0.2, 0.25) is 0 Å². The molecular weight excluding hydrogens is 340 g/mol. The highest BCUT2D eigenvalue weighted by molar-refractivity contribution is 5.89. The smallest absolute Gasteiger partial charge is 0.337 e. The van der Waals surface area contributed by atoms with E-state index in [1.165, 1.54) is 29.3 Å². The van der Waals surface area contributed by atoms with Crippen molar-refractivity contribution in [1.29, 1.82) is 0 Å². The van der Waals surface area contributed by atoms with Crippen LogP contribution in [0.3, 0.4) is 0 Å². The highest BCUT2D eigenvalue weighted by Crippen LogP contribution is 2.45. The van der Waals surface area contributed by atoms with Crippen molar-refractivity contribution < 1.29 is 14.3 Å². The Hall–Kier alpha value is -2.27. The number of aromatic amines is 1. The molecule has 5 nitrogen and oxygen atoms in total. The molecule has 144 valence electrons. The first-order chi connectivity index (χ1) is 13.2. The summed E-state index contributed by atoms with van der Waals surface area (Å²) < 4.78 is 10.3. The molecule has 3 heterocycles. The Kier molecular flexibility index (Phi) is 4.96. The molecule has 4 rings (SSSR count). The highest BCUT2D eigenvalue weighted by atomic mass is 16.5. The van der Waals surface area contributed by atoms with Crippen LogP contribution in [0.1, 0.15) is 37.1 Å². The Morgan fingerprint density at radius 3 is 2.89 bits per heavy atom. The minimum Gasteiger partial charge on any atom is -0.504 e. The molecule has 0 saturated carbocycles.